The van der Waals surface area contributed by atoms with Crippen molar-refractivity contribution in [1.82, 2.24) is 0 Å². The molecule has 1 aromatic carbocycles. The summed E-state index contributed by atoms with van der Waals surface area (Å²) in [4.78, 5) is 11.4. The van der Waals surface area contributed by atoms with Gasteiger partial charge in [0.2, 0.25) is 0 Å². The molecule has 4 heteroatoms. The van der Waals surface area contributed by atoms with Crippen LogP contribution in [0.25, 0.3) is 0 Å². The van der Waals surface area contributed by atoms with Crippen molar-refractivity contribution in [2.75, 3.05) is 0 Å². The Morgan fingerprint density at radius 2 is 1.83 bits per heavy atom. The van der Waals surface area contributed by atoms with Crippen LogP contribution in [0.2, 0.25) is 5.02 Å². The van der Waals surface area contributed by atoms with Gasteiger partial charge in [-0.3, -0.25) is 4.79 Å². The molecule has 0 spiro atoms. The molecule has 1 saturated carbocycles. The van der Waals surface area contributed by atoms with Gasteiger partial charge in [0.15, 0.2) is 0 Å². The lowest BCUT2D eigenvalue weighted by Crippen LogP contribution is -2.29. The molecule has 0 aromatic heterocycles. The van der Waals surface area contributed by atoms with Crippen LogP contribution in [-0.2, 0) is 4.79 Å². The minimum Gasteiger partial charge on any atom is -0.481 e. The number of benzene rings is 1. The van der Waals surface area contributed by atoms with Crippen LogP contribution >= 0.6 is 11.6 Å². The third-order valence-corrected chi connectivity index (χ3v) is 3.94. The molecule has 1 aliphatic carbocycles. The van der Waals surface area contributed by atoms with Gasteiger partial charge in [0.05, 0.1) is 11.5 Å². The average Bonchev–Trinajstić information content (AvgIpc) is 2.75. The van der Waals surface area contributed by atoms with Crippen molar-refractivity contribution in [3.63, 3.8) is 0 Å². The number of rotatable bonds is 4. The zero-order valence-electron chi connectivity index (χ0n) is 10.1. The van der Waals surface area contributed by atoms with Gasteiger partial charge < -0.3 is 10.2 Å². The molecular weight excluding hydrogens is 252 g/mol. The highest BCUT2D eigenvalue weighted by Crippen LogP contribution is 2.38. The van der Waals surface area contributed by atoms with Gasteiger partial charge in [-0.25, -0.2) is 0 Å². The fourth-order valence-electron chi connectivity index (χ4n) is 2.66. The van der Waals surface area contributed by atoms with Gasteiger partial charge in [0, 0.05) is 5.02 Å². The molecule has 98 valence electrons. The largest absolute Gasteiger partial charge is 0.481 e. The Labute approximate surface area is 111 Å². The number of hydrogen-bond donors (Lipinski definition) is 2. The van der Waals surface area contributed by atoms with Crippen LogP contribution in [0.4, 0.5) is 0 Å². The van der Waals surface area contributed by atoms with Gasteiger partial charge in [0.1, 0.15) is 0 Å². The molecule has 0 saturated heterocycles. The van der Waals surface area contributed by atoms with Crippen LogP contribution in [0.3, 0.4) is 0 Å². The molecule has 0 heterocycles. The first-order valence-electron chi connectivity index (χ1n) is 6.21. The maximum absolute atomic E-state index is 11.4. The summed E-state index contributed by atoms with van der Waals surface area (Å²) in [6.45, 7) is 0. The topological polar surface area (TPSA) is 57.5 Å². The summed E-state index contributed by atoms with van der Waals surface area (Å²) >= 11 is 5.80. The number of carboxylic acid groups (broad SMARTS) is 1. The lowest BCUT2D eigenvalue weighted by Gasteiger charge is -2.26. The highest BCUT2D eigenvalue weighted by molar-refractivity contribution is 6.30. The molecule has 0 amide bonds. The Kier molecular flexibility index (Phi) is 3.93. The average molecular weight is 269 g/mol. The summed E-state index contributed by atoms with van der Waals surface area (Å²) in [7, 11) is 0. The first kappa shape index (κ1) is 13.4. The van der Waals surface area contributed by atoms with Gasteiger partial charge in [-0.15, -0.1) is 0 Å². The highest BCUT2D eigenvalue weighted by Gasteiger charge is 2.36. The lowest BCUT2D eigenvalue weighted by atomic mass is 9.85. The summed E-state index contributed by atoms with van der Waals surface area (Å²) in [5, 5.41) is 20.2. The van der Waals surface area contributed by atoms with Crippen LogP contribution in [0, 0.1) is 0 Å². The number of aliphatic carboxylic acids is 1. The maximum atomic E-state index is 11.4. The number of halogens is 1. The molecule has 18 heavy (non-hydrogen) atoms. The molecular formula is C14H17ClO3. The minimum absolute atomic E-state index is 0.282. The summed E-state index contributed by atoms with van der Waals surface area (Å²) < 4.78 is 0. The van der Waals surface area contributed by atoms with E-state index in [0.717, 1.165) is 12.8 Å². The Bertz CT molecular complexity index is 421. The molecule has 1 unspecified atom stereocenters. The van der Waals surface area contributed by atoms with Gasteiger partial charge in [0.25, 0.3) is 0 Å². The van der Waals surface area contributed by atoms with E-state index < -0.39 is 17.5 Å². The molecule has 0 aliphatic heterocycles. The van der Waals surface area contributed by atoms with E-state index in [-0.39, 0.29) is 6.42 Å². The van der Waals surface area contributed by atoms with Gasteiger partial charge >= 0.3 is 5.97 Å². The van der Waals surface area contributed by atoms with Crippen LogP contribution in [0.1, 0.15) is 43.6 Å². The molecule has 1 fully saturated rings. The fourth-order valence-corrected chi connectivity index (χ4v) is 2.79. The normalized spacial score (nSPS) is 19.7. The quantitative estimate of drug-likeness (QED) is 0.882. The second-order valence-electron chi connectivity index (χ2n) is 5.08. The van der Waals surface area contributed by atoms with E-state index in [9.17, 15) is 15.0 Å². The van der Waals surface area contributed by atoms with E-state index >= 15 is 0 Å². The van der Waals surface area contributed by atoms with E-state index in [1.54, 1.807) is 24.3 Å². The van der Waals surface area contributed by atoms with Gasteiger partial charge in [-0.05, 0) is 37.0 Å². The zero-order chi connectivity index (χ0) is 13.2. The third kappa shape index (κ3) is 3.03. The Morgan fingerprint density at radius 3 is 2.33 bits per heavy atom. The SMILES string of the molecule is O=C(O)C(CC1(O)CCCC1)c1ccc(Cl)cc1. The first-order chi connectivity index (χ1) is 8.50. The van der Waals surface area contributed by atoms with Crippen molar-refractivity contribution < 1.29 is 15.0 Å². The van der Waals surface area contributed by atoms with E-state index in [4.69, 9.17) is 11.6 Å². The molecule has 0 radical (unpaired) electrons. The summed E-state index contributed by atoms with van der Waals surface area (Å²) in [5.41, 5.74) is -0.116. The van der Waals surface area contributed by atoms with Crippen molar-refractivity contribution in [3.8, 4) is 0 Å². The smallest absolute Gasteiger partial charge is 0.311 e. The van der Waals surface area contributed by atoms with E-state index in [1.165, 1.54) is 0 Å². The summed E-state index contributed by atoms with van der Waals surface area (Å²) in [6.07, 6.45) is 3.63. The molecule has 3 nitrogen and oxygen atoms in total. The van der Waals surface area contributed by atoms with Gasteiger partial charge in [-0.2, -0.15) is 0 Å². The monoisotopic (exact) mass is 268 g/mol. The predicted molar refractivity (Wildman–Crippen MR) is 69.9 cm³/mol. The molecule has 0 bridgehead atoms. The first-order valence-corrected chi connectivity index (χ1v) is 6.59. The fraction of sp³-hybridized carbons (Fsp3) is 0.500. The Hall–Kier alpha value is -1.06. The predicted octanol–water partition coefficient (Wildman–Crippen LogP) is 3.20. The van der Waals surface area contributed by atoms with Crippen molar-refractivity contribution in [2.24, 2.45) is 0 Å². The molecule has 1 aliphatic rings. The maximum Gasteiger partial charge on any atom is 0.311 e. The third-order valence-electron chi connectivity index (χ3n) is 3.69. The number of hydrogen-bond acceptors (Lipinski definition) is 2. The Morgan fingerprint density at radius 1 is 1.28 bits per heavy atom. The van der Waals surface area contributed by atoms with Crippen molar-refractivity contribution in [2.45, 2.75) is 43.6 Å². The number of aliphatic hydroxyl groups is 1. The lowest BCUT2D eigenvalue weighted by molar-refractivity contribution is -0.140. The Balaban J connectivity index is 2.18. The van der Waals surface area contributed by atoms with E-state index in [1.807, 2.05) is 0 Å². The summed E-state index contributed by atoms with van der Waals surface area (Å²) in [5.74, 6) is -1.55. The van der Waals surface area contributed by atoms with Gasteiger partial charge in [-0.1, -0.05) is 36.6 Å². The molecule has 2 rings (SSSR count). The van der Waals surface area contributed by atoms with E-state index in [0.29, 0.717) is 23.4 Å². The second kappa shape index (κ2) is 5.29. The molecule has 2 N–H and O–H groups in total. The zero-order valence-corrected chi connectivity index (χ0v) is 10.9. The van der Waals surface area contributed by atoms with Crippen LogP contribution in [0.15, 0.2) is 24.3 Å². The number of carbonyl (C=O) groups is 1. The standard InChI is InChI=1S/C14H17ClO3/c15-11-5-3-10(4-6-11)12(13(16)17)9-14(18)7-1-2-8-14/h3-6,12,18H,1-2,7-9H2,(H,16,17). The van der Waals surface area contributed by atoms with Crippen LogP contribution in [-0.4, -0.2) is 21.8 Å². The summed E-state index contributed by atoms with van der Waals surface area (Å²) in [6, 6.07) is 6.82. The number of carboxylic acids is 1. The highest BCUT2D eigenvalue weighted by atomic mass is 35.5. The van der Waals surface area contributed by atoms with Crippen molar-refractivity contribution >= 4 is 17.6 Å². The minimum atomic E-state index is -0.891. The molecule has 1 aromatic rings. The van der Waals surface area contributed by atoms with E-state index in [2.05, 4.69) is 0 Å². The second-order valence-corrected chi connectivity index (χ2v) is 5.51. The van der Waals surface area contributed by atoms with Crippen LogP contribution in [0.5, 0.6) is 0 Å². The van der Waals surface area contributed by atoms with Crippen molar-refractivity contribution in [1.29, 1.82) is 0 Å². The molecule has 1 atom stereocenters. The van der Waals surface area contributed by atoms with Crippen molar-refractivity contribution in [3.05, 3.63) is 34.9 Å². The van der Waals surface area contributed by atoms with Crippen LogP contribution < -0.4 is 0 Å².